The van der Waals surface area contributed by atoms with Crippen molar-refractivity contribution in [3.63, 3.8) is 0 Å². The van der Waals surface area contributed by atoms with Crippen molar-refractivity contribution in [2.45, 2.75) is 33.1 Å². The van der Waals surface area contributed by atoms with Crippen molar-refractivity contribution >= 4 is 43.6 Å². The number of rotatable bonds is 6. The predicted octanol–water partition coefficient (Wildman–Crippen LogP) is 16.5. The maximum atomic E-state index is 4.97. The van der Waals surface area contributed by atoms with Crippen LogP contribution in [0.15, 0.2) is 213 Å². The second-order valence-corrected chi connectivity index (χ2v) is 19.5. The second kappa shape index (κ2) is 16.8. The number of benzene rings is 7. The molecule has 1 aliphatic carbocycles. The van der Waals surface area contributed by atoms with E-state index < -0.39 is 0 Å². The van der Waals surface area contributed by atoms with Crippen molar-refractivity contribution in [1.29, 1.82) is 0 Å². The smallest absolute Gasteiger partial charge is 0.0811 e. The van der Waals surface area contributed by atoms with Crippen LogP contribution in [0, 0.1) is 5.41 Å². The van der Waals surface area contributed by atoms with Crippen LogP contribution in [-0.4, -0.2) is 24.9 Å². The number of hydrogen-bond donors (Lipinski definition) is 0. The van der Waals surface area contributed by atoms with Gasteiger partial charge in [-0.05, 0) is 175 Å². The van der Waals surface area contributed by atoms with Crippen molar-refractivity contribution in [2.75, 3.05) is 0 Å². The zero-order chi connectivity index (χ0) is 46.8. The van der Waals surface area contributed by atoms with E-state index in [0.717, 1.165) is 119 Å². The van der Waals surface area contributed by atoms with Gasteiger partial charge in [0.1, 0.15) is 0 Å². The Bertz CT molecular complexity index is 3860. The maximum absolute atomic E-state index is 4.97. The summed E-state index contributed by atoms with van der Waals surface area (Å²) in [6, 6.07) is 66.2. The number of aryl methyl sites for hydroxylation is 1. The summed E-state index contributed by atoms with van der Waals surface area (Å²) < 4.78 is 0. The van der Waals surface area contributed by atoms with Crippen LogP contribution in [0.25, 0.3) is 122 Å². The van der Waals surface area contributed by atoms with E-state index in [0.29, 0.717) is 0 Å². The number of nitrogens with zero attached hydrogens (tertiary/aromatic N) is 5. The summed E-state index contributed by atoms with van der Waals surface area (Å²) in [5.74, 6) is 0. The molecule has 0 fully saturated rings. The number of hydrogen-bond acceptors (Lipinski definition) is 5. The first-order chi connectivity index (χ1) is 34.4. The monoisotopic (exact) mass is 897 g/mol. The lowest BCUT2D eigenvalue weighted by molar-refractivity contribution is 0.331. The summed E-state index contributed by atoms with van der Waals surface area (Å²) in [5, 5.41) is 4.16. The zero-order valence-electron chi connectivity index (χ0n) is 39.1. The molecular formula is C65H47N5. The fourth-order valence-corrected chi connectivity index (χ4v) is 10.9. The molecule has 0 unspecified atom stereocenters. The quantitative estimate of drug-likeness (QED) is 0.156. The van der Waals surface area contributed by atoms with Gasteiger partial charge in [-0.25, -0.2) is 0 Å². The van der Waals surface area contributed by atoms with E-state index in [1.807, 2.05) is 43.1 Å². The van der Waals surface area contributed by atoms with Gasteiger partial charge in [-0.3, -0.25) is 24.9 Å². The van der Waals surface area contributed by atoms with Crippen molar-refractivity contribution in [3.8, 4) is 78.0 Å². The van der Waals surface area contributed by atoms with E-state index in [2.05, 4.69) is 184 Å². The molecule has 0 amide bonds. The second-order valence-electron chi connectivity index (χ2n) is 19.5. The third-order valence-corrected chi connectivity index (χ3v) is 14.4. The Kier molecular flexibility index (Phi) is 9.98. The normalized spacial score (nSPS) is 13.2. The summed E-state index contributed by atoms with van der Waals surface area (Å²) in [6.07, 6.45) is 12.6. The highest BCUT2D eigenvalue weighted by Gasteiger charge is 2.26. The molecule has 1 aliphatic rings. The highest BCUT2D eigenvalue weighted by Crippen LogP contribution is 2.45. The molecule has 0 bridgehead atoms. The lowest BCUT2D eigenvalue weighted by Gasteiger charge is -2.29. The van der Waals surface area contributed by atoms with Crippen LogP contribution in [0.1, 0.15) is 31.4 Å². The first kappa shape index (κ1) is 41.5. The van der Waals surface area contributed by atoms with Gasteiger partial charge < -0.3 is 0 Å². The van der Waals surface area contributed by atoms with Crippen LogP contribution in [0.4, 0.5) is 0 Å². The van der Waals surface area contributed by atoms with E-state index in [9.17, 15) is 0 Å². The Morgan fingerprint density at radius 2 is 0.800 bits per heavy atom. The molecule has 7 aromatic carbocycles. The Labute approximate surface area is 407 Å². The Balaban J connectivity index is 0.997. The molecule has 5 aromatic heterocycles. The van der Waals surface area contributed by atoms with Gasteiger partial charge >= 0.3 is 0 Å². The van der Waals surface area contributed by atoms with E-state index in [-0.39, 0.29) is 5.41 Å². The SMILES string of the molecule is CC1(C)CCc2cc(-c3ccccc3-c3cc(-c4ccccc4-c4ccc5c(c4)ncc4cccnc45)cc(-c4ccccc4-c4ccc5c(c4)ncc4cccnc45)c3)ccc2-c2ncccc2C1. The molecule has 13 rings (SSSR count). The summed E-state index contributed by atoms with van der Waals surface area (Å²) in [7, 11) is 0. The molecule has 0 saturated carbocycles. The first-order valence-electron chi connectivity index (χ1n) is 24.2. The van der Waals surface area contributed by atoms with Crippen molar-refractivity contribution in [2.24, 2.45) is 5.41 Å². The van der Waals surface area contributed by atoms with Crippen molar-refractivity contribution < 1.29 is 0 Å². The molecule has 70 heavy (non-hydrogen) atoms. The van der Waals surface area contributed by atoms with Gasteiger partial charge in [-0.1, -0.05) is 123 Å². The number of pyridine rings is 5. The third-order valence-electron chi connectivity index (χ3n) is 14.4. The van der Waals surface area contributed by atoms with Gasteiger partial charge in [-0.15, -0.1) is 0 Å². The summed E-state index contributed by atoms with van der Waals surface area (Å²) in [4.78, 5) is 24.3. The molecule has 0 spiro atoms. The van der Waals surface area contributed by atoms with Crippen molar-refractivity contribution in [1.82, 2.24) is 24.9 Å². The zero-order valence-corrected chi connectivity index (χ0v) is 39.1. The highest BCUT2D eigenvalue weighted by atomic mass is 14.7. The Morgan fingerprint density at radius 1 is 0.357 bits per heavy atom. The maximum Gasteiger partial charge on any atom is 0.0811 e. The number of aromatic nitrogens is 5. The van der Waals surface area contributed by atoms with Gasteiger partial charge in [0.15, 0.2) is 0 Å². The van der Waals surface area contributed by atoms with Crippen LogP contribution in [-0.2, 0) is 12.8 Å². The standard InChI is InChI=1S/C65H47N5/c1-65(2)28-27-44-32-41(21-24-57(44)62-45(38-65)12-9-29-66-62)51-15-3-6-18-54(51)48-33-49(55-19-7-4-16-52(55)42-22-25-58-60(36-42)69-39-46-13-10-30-67-63(46)58)35-50(34-48)56-20-8-5-17-53(56)43-23-26-59-61(37-43)70-40-47-14-11-31-68-64(47)59/h3-26,29-37,39-40H,27-28,38H2,1-2H3. The minimum absolute atomic E-state index is 0.163. The van der Waals surface area contributed by atoms with Crippen LogP contribution >= 0.6 is 0 Å². The molecule has 0 N–H and O–H groups in total. The van der Waals surface area contributed by atoms with Gasteiger partial charge in [-0.2, -0.15) is 0 Å². The van der Waals surface area contributed by atoms with Crippen LogP contribution in [0.3, 0.4) is 0 Å². The Hall–Kier alpha value is -8.67. The average molecular weight is 898 g/mol. The molecule has 0 radical (unpaired) electrons. The highest BCUT2D eigenvalue weighted by molar-refractivity contribution is 6.06. The summed E-state index contributed by atoms with van der Waals surface area (Å²) >= 11 is 0. The van der Waals surface area contributed by atoms with Crippen molar-refractivity contribution in [3.05, 3.63) is 224 Å². The van der Waals surface area contributed by atoms with Gasteiger partial charge in [0.05, 0.1) is 27.8 Å². The van der Waals surface area contributed by atoms with Gasteiger partial charge in [0.25, 0.3) is 0 Å². The molecule has 0 atom stereocenters. The van der Waals surface area contributed by atoms with Crippen LogP contribution in [0.2, 0.25) is 0 Å². The molecule has 5 nitrogen and oxygen atoms in total. The fraction of sp³-hybridized carbons (Fsp3) is 0.0923. The predicted molar refractivity (Wildman–Crippen MR) is 289 cm³/mol. The minimum atomic E-state index is 0.163. The summed E-state index contributed by atoms with van der Waals surface area (Å²) in [6.45, 7) is 4.78. The largest absolute Gasteiger partial charge is 0.256 e. The molecule has 332 valence electrons. The number of fused-ring (bicyclic) bond motifs is 9. The Morgan fingerprint density at radius 3 is 1.31 bits per heavy atom. The van der Waals surface area contributed by atoms with E-state index in [1.54, 1.807) is 0 Å². The molecular weight excluding hydrogens is 851 g/mol. The topological polar surface area (TPSA) is 64.5 Å². The van der Waals surface area contributed by atoms with Gasteiger partial charge in [0, 0.05) is 58.1 Å². The lowest BCUT2D eigenvalue weighted by atomic mass is 9.76. The molecule has 12 aromatic rings. The van der Waals surface area contributed by atoms with E-state index >= 15 is 0 Å². The van der Waals surface area contributed by atoms with Crippen LogP contribution < -0.4 is 0 Å². The fourth-order valence-electron chi connectivity index (χ4n) is 10.9. The van der Waals surface area contributed by atoms with E-state index in [4.69, 9.17) is 24.9 Å². The summed E-state index contributed by atoms with van der Waals surface area (Å²) in [5.41, 5.74) is 22.7. The van der Waals surface area contributed by atoms with E-state index in [1.165, 1.54) is 33.4 Å². The lowest BCUT2D eigenvalue weighted by Crippen LogP contribution is -2.19. The minimum Gasteiger partial charge on any atom is -0.256 e. The van der Waals surface area contributed by atoms with Gasteiger partial charge in [0.2, 0.25) is 0 Å². The third kappa shape index (κ3) is 7.39. The molecule has 0 aliphatic heterocycles. The molecule has 0 saturated heterocycles. The average Bonchev–Trinajstić information content (AvgIpc) is 3.41. The van der Waals surface area contributed by atoms with Crippen LogP contribution in [0.5, 0.6) is 0 Å². The molecule has 5 heteroatoms. The molecule has 5 heterocycles. The first-order valence-corrected chi connectivity index (χ1v) is 24.2.